The van der Waals surface area contributed by atoms with E-state index in [4.69, 9.17) is 11.5 Å². The molecule has 0 aliphatic carbocycles. The van der Waals surface area contributed by atoms with Gasteiger partial charge in [0.05, 0.1) is 0 Å². The molecule has 0 heterocycles. The third-order valence-corrected chi connectivity index (χ3v) is 2.54. The van der Waals surface area contributed by atoms with Gasteiger partial charge in [-0.05, 0) is 37.1 Å². The minimum Gasteiger partial charge on any atom is -0.428 e. The average Bonchev–Trinajstić information content (AvgIpc) is 2.36. The van der Waals surface area contributed by atoms with Crippen LogP contribution in [0.4, 0.5) is 17.6 Å². The van der Waals surface area contributed by atoms with Crippen molar-refractivity contribution in [2.24, 2.45) is 11.5 Å². The largest absolute Gasteiger partial charge is 0.461 e. The number of halogens is 4. The van der Waals surface area contributed by atoms with Crippen molar-refractivity contribution in [3.8, 4) is 5.75 Å². The standard InChI is InChI=1S/C12H16F4N2O/c13-11(14)12(15,16)19-9-5-3-8(4-6-9)10(18)2-1-7-17/h3-6,10-11H,1-2,7,17-18H2/t10-/m1/s1. The number of rotatable bonds is 7. The van der Waals surface area contributed by atoms with Crippen LogP contribution in [0.3, 0.4) is 0 Å². The topological polar surface area (TPSA) is 61.3 Å². The predicted molar refractivity (Wildman–Crippen MR) is 63.2 cm³/mol. The molecule has 0 radical (unpaired) electrons. The molecule has 0 amide bonds. The number of ether oxygens (including phenoxy) is 1. The van der Waals surface area contributed by atoms with Crippen molar-refractivity contribution < 1.29 is 22.3 Å². The molecule has 0 aliphatic heterocycles. The third kappa shape index (κ3) is 4.68. The summed E-state index contributed by atoms with van der Waals surface area (Å²) >= 11 is 0. The Balaban J connectivity index is 2.66. The van der Waals surface area contributed by atoms with Gasteiger partial charge in [0, 0.05) is 6.04 Å². The molecule has 0 bridgehead atoms. The minimum atomic E-state index is -4.50. The highest BCUT2D eigenvalue weighted by Crippen LogP contribution is 2.28. The lowest BCUT2D eigenvalue weighted by atomic mass is 10.0. The van der Waals surface area contributed by atoms with Crippen molar-refractivity contribution in [1.82, 2.24) is 0 Å². The molecule has 0 aliphatic rings. The zero-order chi connectivity index (χ0) is 14.5. The molecule has 19 heavy (non-hydrogen) atoms. The Morgan fingerprint density at radius 1 is 1.16 bits per heavy atom. The summed E-state index contributed by atoms with van der Waals surface area (Å²) < 4.78 is 53.1. The summed E-state index contributed by atoms with van der Waals surface area (Å²) in [6, 6.07) is 5.05. The molecule has 0 saturated carbocycles. The second-order valence-electron chi connectivity index (χ2n) is 4.07. The minimum absolute atomic E-state index is 0.270. The van der Waals surface area contributed by atoms with E-state index in [0.717, 1.165) is 6.42 Å². The van der Waals surface area contributed by atoms with E-state index in [0.29, 0.717) is 18.5 Å². The van der Waals surface area contributed by atoms with Crippen LogP contribution in [-0.2, 0) is 0 Å². The van der Waals surface area contributed by atoms with Crippen LogP contribution in [0, 0.1) is 0 Å². The summed E-state index contributed by atoms with van der Waals surface area (Å²) in [4.78, 5) is 0. The highest BCUT2D eigenvalue weighted by atomic mass is 19.3. The summed E-state index contributed by atoms with van der Waals surface area (Å²) in [6.45, 7) is 0.509. The number of nitrogens with two attached hydrogens (primary N) is 2. The van der Waals surface area contributed by atoms with E-state index < -0.39 is 12.5 Å². The lowest BCUT2D eigenvalue weighted by molar-refractivity contribution is -0.253. The van der Waals surface area contributed by atoms with Crippen LogP contribution in [-0.4, -0.2) is 19.1 Å². The van der Waals surface area contributed by atoms with Crippen LogP contribution in [0.5, 0.6) is 5.75 Å². The van der Waals surface area contributed by atoms with E-state index in [1.54, 1.807) is 0 Å². The normalized spacial score (nSPS) is 13.6. The number of benzene rings is 1. The van der Waals surface area contributed by atoms with E-state index >= 15 is 0 Å². The van der Waals surface area contributed by atoms with Gasteiger partial charge in [-0.1, -0.05) is 12.1 Å². The van der Waals surface area contributed by atoms with Gasteiger partial charge in [-0.25, -0.2) is 0 Å². The Kier molecular flexibility index (Phi) is 5.56. The average molecular weight is 280 g/mol. The van der Waals surface area contributed by atoms with E-state index in [1.165, 1.54) is 24.3 Å². The molecule has 1 atom stereocenters. The van der Waals surface area contributed by atoms with E-state index in [9.17, 15) is 17.6 Å². The maximum atomic E-state index is 12.6. The second-order valence-corrected chi connectivity index (χ2v) is 4.07. The monoisotopic (exact) mass is 280 g/mol. The molecule has 0 saturated heterocycles. The fourth-order valence-corrected chi connectivity index (χ4v) is 1.49. The summed E-state index contributed by atoms with van der Waals surface area (Å²) in [5.74, 6) is -0.333. The lowest BCUT2D eigenvalue weighted by Crippen LogP contribution is -2.33. The van der Waals surface area contributed by atoms with Gasteiger partial charge in [0.2, 0.25) is 0 Å². The molecule has 108 valence electrons. The smallest absolute Gasteiger partial charge is 0.428 e. The number of hydrogen-bond donors (Lipinski definition) is 2. The molecule has 3 nitrogen and oxygen atoms in total. The molecular weight excluding hydrogens is 264 g/mol. The van der Waals surface area contributed by atoms with Crippen molar-refractivity contribution in [3.63, 3.8) is 0 Å². The summed E-state index contributed by atoms with van der Waals surface area (Å²) in [6.07, 6.45) is -6.98. The van der Waals surface area contributed by atoms with E-state index in [2.05, 4.69) is 4.74 Å². The van der Waals surface area contributed by atoms with Crippen LogP contribution in [0.2, 0.25) is 0 Å². The molecule has 1 aromatic rings. The van der Waals surface area contributed by atoms with Crippen LogP contribution < -0.4 is 16.2 Å². The number of hydrogen-bond acceptors (Lipinski definition) is 3. The first-order valence-electron chi connectivity index (χ1n) is 5.77. The molecule has 1 rings (SSSR count). The SMILES string of the molecule is NCCC[C@@H](N)c1ccc(OC(F)(F)C(F)F)cc1. The first-order valence-corrected chi connectivity index (χ1v) is 5.77. The molecule has 0 aromatic heterocycles. The molecule has 7 heteroatoms. The Morgan fingerprint density at radius 2 is 1.74 bits per heavy atom. The van der Waals surface area contributed by atoms with Gasteiger partial charge in [-0.15, -0.1) is 0 Å². The van der Waals surface area contributed by atoms with Crippen LogP contribution in [0.15, 0.2) is 24.3 Å². The fraction of sp³-hybridized carbons (Fsp3) is 0.500. The van der Waals surface area contributed by atoms with Crippen molar-refractivity contribution in [3.05, 3.63) is 29.8 Å². The molecular formula is C12H16F4N2O. The quantitative estimate of drug-likeness (QED) is 0.755. The molecule has 0 unspecified atom stereocenters. The highest BCUT2D eigenvalue weighted by Gasteiger charge is 2.43. The highest BCUT2D eigenvalue weighted by molar-refractivity contribution is 5.29. The van der Waals surface area contributed by atoms with Gasteiger partial charge >= 0.3 is 12.5 Å². The second kappa shape index (κ2) is 6.72. The zero-order valence-electron chi connectivity index (χ0n) is 10.2. The van der Waals surface area contributed by atoms with E-state index in [-0.39, 0.29) is 11.8 Å². The van der Waals surface area contributed by atoms with Gasteiger partial charge < -0.3 is 16.2 Å². The van der Waals surface area contributed by atoms with Gasteiger partial charge in [-0.2, -0.15) is 17.6 Å². The Morgan fingerprint density at radius 3 is 2.21 bits per heavy atom. The fourth-order valence-electron chi connectivity index (χ4n) is 1.49. The van der Waals surface area contributed by atoms with Gasteiger partial charge in [0.1, 0.15) is 5.75 Å². The molecule has 1 aromatic carbocycles. The summed E-state index contributed by atoms with van der Waals surface area (Å²) in [5, 5.41) is 0. The zero-order valence-corrected chi connectivity index (χ0v) is 10.2. The Bertz CT molecular complexity index is 384. The van der Waals surface area contributed by atoms with E-state index in [1.807, 2.05) is 0 Å². The van der Waals surface area contributed by atoms with Crippen LogP contribution in [0.1, 0.15) is 24.4 Å². The first kappa shape index (κ1) is 15.7. The van der Waals surface area contributed by atoms with Crippen molar-refractivity contribution in [1.29, 1.82) is 0 Å². The summed E-state index contributed by atoms with van der Waals surface area (Å²) in [5.41, 5.74) is 11.9. The molecule has 4 N–H and O–H groups in total. The van der Waals surface area contributed by atoms with Crippen molar-refractivity contribution >= 4 is 0 Å². The first-order chi connectivity index (χ1) is 8.86. The molecule has 0 spiro atoms. The van der Waals surface area contributed by atoms with Crippen LogP contribution >= 0.6 is 0 Å². The summed E-state index contributed by atoms with van der Waals surface area (Å²) in [7, 11) is 0. The van der Waals surface area contributed by atoms with Crippen molar-refractivity contribution in [2.45, 2.75) is 31.4 Å². The molecule has 0 fully saturated rings. The predicted octanol–water partition coefficient (Wildman–Crippen LogP) is 2.66. The lowest BCUT2D eigenvalue weighted by Gasteiger charge is -2.17. The van der Waals surface area contributed by atoms with Gasteiger partial charge in [0.15, 0.2) is 0 Å². The maximum Gasteiger partial charge on any atom is 0.461 e. The third-order valence-electron chi connectivity index (χ3n) is 2.54. The Hall–Kier alpha value is -1.34. The van der Waals surface area contributed by atoms with Gasteiger partial charge in [0.25, 0.3) is 0 Å². The Labute approximate surface area is 108 Å². The maximum absolute atomic E-state index is 12.6. The van der Waals surface area contributed by atoms with Crippen molar-refractivity contribution in [2.75, 3.05) is 6.54 Å². The number of alkyl halides is 4. The van der Waals surface area contributed by atoms with Gasteiger partial charge in [-0.3, -0.25) is 0 Å². The van der Waals surface area contributed by atoms with Crippen LogP contribution in [0.25, 0.3) is 0 Å².